The minimum absolute atomic E-state index is 0.0728. The summed E-state index contributed by atoms with van der Waals surface area (Å²) in [5.41, 5.74) is 1.07. The van der Waals surface area contributed by atoms with E-state index in [1.54, 1.807) is 19.1 Å². The van der Waals surface area contributed by atoms with Crippen molar-refractivity contribution in [2.45, 2.75) is 19.9 Å². The van der Waals surface area contributed by atoms with Crippen LogP contribution in [-0.2, 0) is 9.53 Å². The summed E-state index contributed by atoms with van der Waals surface area (Å²) in [5.74, 6) is -0.421. The van der Waals surface area contributed by atoms with Gasteiger partial charge in [0.2, 0.25) is 5.91 Å². The number of hydrogen-bond donors (Lipinski definition) is 2. The number of phenols is 1. The molecule has 0 bridgehead atoms. The molecule has 0 aliphatic carbocycles. The molecule has 21 heavy (non-hydrogen) atoms. The highest BCUT2D eigenvalue weighted by Crippen LogP contribution is 2.20. The lowest BCUT2D eigenvalue weighted by atomic mass is 10.1. The first kappa shape index (κ1) is 15.3. The quantitative estimate of drug-likeness (QED) is 0.858. The number of benzene rings is 1. The fraction of sp³-hybridized carbons (Fsp3) is 0.467. The van der Waals surface area contributed by atoms with E-state index >= 15 is 0 Å². The molecule has 1 atom stereocenters. The standard InChI is InChI=1S/C15H20N2O4/c1-3-16-14(19)12-9-21-7-6-17(12)15(20)11-5-4-10(2)13(18)8-11/h4-5,8,12,18H,3,6-7,9H2,1-2H3,(H,16,19). The summed E-state index contributed by atoms with van der Waals surface area (Å²) in [7, 11) is 0. The van der Waals surface area contributed by atoms with Crippen molar-refractivity contribution in [1.82, 2.24) is 10.2 Å². The Morgan fingerprint density at radius 1 is 1.48 bits per heavy atom. The number of nitrogens with one attached hydrogen (secondary N) is 1. The maximum absolute atomic E-state index is 12.6. The summed E-state index contributed by atoms with van der Waals surface area (Å²) < 4.78 is 5.30. The number of aryl methyl sites for hydroxylation is 1. The Bertz CT molecular complexity index is 544. The fourth-order valence-electron chi connectivity index (χ4n) is 2.26. The third-order valence-electron chi connectivity index (χ3n) is 3.50. The van der Waals surface area contributed by atoms with Crippen LogP contribution in [0.1, 0.15) is 22.8 Å². The van der Waals surface area contributed by atoms with Crippen LogP contribution in [0.25, 0.3) is 0 Å². The Balaban J connectivity index is 2.21. The lowest BCUT2D eigenvalue weighted by molar-refractivity contribution is -0.130. The second-order valence-corrected chi connectivity index (χ2v) is 4.99. The van der Waals surface area contributed by atoms with Crippen molar-refractivity contribution in [2.24, 2.45) is 0 Å². The van der Waals surface area contributed by atoms with Crippen molar-refractivity contribution < 1.29 is 19.4 Å². The molecule has 1 aliphatic rings. The molecule has 6 nitrogen and oxygen atoms in total. The van der Waals surface area contributed by atoms with Crippen molar-refractivity contribution in [3.05, 3.63) is 29.3 Å². The normalized spacial score (nSPS) is 18.4. The number of phenolic OH excluding ortho intramolecular Hbond substituents is 1. The number of carbonyl (C=O) groups is 2. The van der Waals surface area contributed by atoms with Crippen molar-refractivity contribution in [3.8, 4) is 5.75 Å². The number of nitrogens with zero attached hydrogens (tertiary/aromatic N) is 1. The fourth-order valence-corrected chi connectivity index (χ4v) is 2.26. The van der Waals surface area contributed by atoms with Gasteiger partial charge in [0, 0.05) is 18.7 Å². The van der Waals surface area contributed by atoms with Crippen LogP contribution in [0, 0.1) is 6.92 Å². The zero-order chi connectivity index (χ0) is 15.4. The van der Waals surface area contributed by atoms with Crippen LogP contribution in [0.2, 0.25) is 0 Å². The first-order valence-electron chi connectivity index (χ1n) is 7.00. The molecule has 0 radical (unpaired) electrons. The van der Waals surface area contributed by atoms with Crippen LogP contribution in [0.4, 0.5) is 0 Å². The molecule has 2 amide bonds. The molecular formula is C15H20N2O4. The van der Waals surface area contributed by atoms with E-state index in [9.17, 15) is 14.7 Å². The zero-order valence-corrected chi connectivity index (χ0v) is 12.3. The van der Waals surface area contributed by atoms with Gasteiger partial charge in [-0.25, -0.2) is 0 Å². The van der Waals surface area contributed by atoms with Gasteiger partial charge in [0.25, 0.3) is 5.91 Å². The first-order chi connectivity index (χ1) is 10.0. The van der Waals surface area contributed by atoms with Crippen LogP contribution in [0.5, 0.6) is 5.75 Å². The molecule has 1 unspecified atom stereocenters. The molecule has 1 saturated heterocycles. The van der Waals surface area contributed by atoms with Gasteiger partial charge in [-0.15, -0.1) is 0 Å². The van der Waals surface area contributed by atoms with Crippen LogP contribution in [0.15, 0.2) is 18.2 Å². The summed E-state index contributed by atoms with van der Waals surface area (Å²) in [6, 6.07) is 4.14. The molecule has 2 N–H and O–H groups in total. The topological polar surface area (TPSA) is 78.9 Å². The molecular weight excluding hydrogens is 272 g/mol. The average Bonchev–Trinajstić information content (AvgIpc) is 2.49. The largest absolute Gasteiger partial charge is 0.508 e. The zero-order valence-electron chi connectivity index (χ0n) is 12.3. The molecule has 0 spiro atoms. The molecule has 1 fully saturated rings. The van der Waals surface area contributed by atoms with Crippen LogP contribution in [-0.4, -0.2) is 54.2 Å². The summed E-state index contributed by atoms with van der Waals surface area (Å²) >= 11 is 0. The van der Waals surface area contributed by atoms with E-state index in [0.717, 1.165) is 0 Å². The lowest BCUT2D eigenvalue weighted by Crippen LogP contribution is -2.55. The van der Waals surface area contributed by atoms with Gasteiger partial charge in [-0.3, -0.25) is 9.59 Å². The van der Waals surface area contributed by atoms with Crippen molar-refractivity contribution >= 4 is 11.8 Å². The monoisotopic (exact) mass is 292 g/mol. The second-order valence-electron chi connectivity index (χ2n) is 4.99. The average molecular weight is 292 g/mol. The number of hydrogen-bond acceptors (Lipinski definition) is 4. The third-order valence-corrected chi connectivity index (χ3v) is 3.50. The predicted octanol–water partition coefficient (Wildman–Crippen LogP) is 0.678. The first-order valence-corrected chi connectivity index (χ1v) is 7.00. The van der Waals surface area contributed by atoms with Gasteiger partial charge in [-0.05, 0) is 31.5 Å². The van der Waals surface area contributed by atoms with Gasteiger partial charge >= 0.3 is 0 Å². The van der Waals surface area contributed by atoms with Gasteiger partial charge in [-0.1, -0.05) is 6.07 Å². The molecule has 114 valence electrons. The maximum atomic E-state index is 12.6. The minimum atomic E-state index is -0.630. The van der Waals surface area contributed by atoms with E-state index in [0.29, 0.717) is 30.8 Å². The summed E-state index contributed by atoms with van der Waals surface area (Å²) in [4.78, 5) is 26.1. The van der Waals surface area contributed by atoms with Gasteiger partial charge in [-0.2, -0.15) is 0 Å². The number of ether oxygens (including phenoxy) is 1. The van der Waals surface area contributed by atoms with Gasteiger partial charge in [0.15, 0.2) is 0 Å². The van der Waals surface area contributed by atoms with E-state index in [-0.39, 0.29) is 24.2 Å². The highest BCUT2D eigenvalue weighted by atomic mass is 16.5. The van der Waals surface area contributed by atoms with E-state index in [2.05, 4.69) is 5.32 Å². The smallest absolute Gasteiger partial charge is 0.254 e. The molecule has 2 rings (SSSR count). The molecule has 0 saturated carbocycles. The number of carbonyl (C=O) groups excluding carboxylic acids is 2. The molecule has 1 heterocycles. The number of amides is 2. The van der Waals surface area contributed by atoms with Crippen molar-refractivity contribution in [2.75, 3.05) is 26.3 Å². The highest BCUT2D eigenvalue weighted by Gasteiger charge is 2.33. The molecule has 1 aliphatic heterocycles. The Morgan fingerprint density at radius 2 is 2.24 bits per heavy atom. The Labute approximate surface area is 123 Å². The van der Waals surface area contributed by atoms with Crippen LogP contribution < -0.4 is 5.32 Å². The van der Waals surface area contributed by atoms with E-state index < -0.39 is 6.04 Å². The highest BCUT2D eigenvalue weighted by molar-refractivity contribution is 5.98. The van der Waals surface area contributed by atoms with Gasteiger partial charge < -0.3 is 20.1 Å². The van der Waals surface area contributed by atoms with Crippen molar-refractivity contribution in [3.63, 3.8) is 0 Å². The summed E-state index contributed by atoms with van der Waals surface area (Å²) in [6.45, 7) is 5.04. The van der Waals surface area contributed by atoms with Gasteiger partial charge in [0.1, 0.15) is 11.8 Å². The number of aromatic hydroxyl groups is 1. The number of rotatable bonds is 3. The van der Waals surface area contributed by atoms with Crippen LogP contribution in [0.3, 0.4) is 0 Å². The Kier molecular flexibility index (Phi) is 4.80. The SMILES string of the molecule is CCNC(=O)C1COCCN1C(=O)c1ccc(C)c(O)c1. The van der Waals surface area contributed by atoms with Crippen molar-refractivity contribution in [1.29, 1.82) is 0 Å². The van der Waals surface area contributed by atoms with E-state index in [1.807, 2.05) is 6.92 Å². The predicted molar refractivity (Wildman–Crippen MR) is 77.2 cm³/mol. The molecule has 0 aromatic heterocycles. The number of likely N-dealkylation sites (N-methyl/N-ethyl adjacent to an activating group) is 1. The Morgan fingerprint density at radius 3 is 2.90 bits per heavy atom. The second kappa shape index (κ2) is 6.58. The van der Waals surface area contributed by atoms with Gasteiger partial charge in [0.05, 0.1) is 13.2 Å². The van der Waals surface area contributed by atoms with E-state index in [1.165, 1.54) is 11.0 Å². The molecule has 1 aromatic carbocycles. The summed E-state index contributed by atoms with van der Waals surface area (Å²) in [6.07, 6.45) is 0. The number of morpholine rings is 1. The molecule has 6 heteroatoms. The maximum Gasteiger partial charge on any atom is 0.254 e. The summed E-state index contributed by atoms with van der Waals surface area (Å²) in [5, 5.41) is 12.4. The molecule has 1 aromatic rings. The Hall–Kier alpha value is -2.08. The lowest BCUT2D eigenvalue weighted by Gasteiger charge is -2.34. The third kappa shape index (κ3) is 3.33. The van der Waals surface area contributed by atoms with E-state index in [4.69, 9.17) is 4.74 Å². The van der Waals surface area contributed by atoms with Crippen LogP contribution >= 0.6 is 0 Å². The minimum Gasteiger partial charge on any atom is -0.508 e.